The third-order valence-corrected chi connectivity index (χ3v) is 3.94. The van der Waals surface area contributed by atoms with Crippen LogP contribution in [0.15, 0.2) is 29.8 Å². The number of aliphatic hydroxyl groups excluding tert-OH is 1. The summed E-state index contributed by atoms with van der Waals surface area (Å²) in [7, 11) is 0. The van der Waals surface area contributed by atoms with E-state index in [1.807, 2.05) is 25.1 Å². The molecule has 0 spiro atoms. The lowest BCUT2D eigenvalue weighted by molar-refractivity contribution is 0.208. The molecule has 0 saturated carbocycles. The second-order valence-corrected chi connectivity index (χ2v) is 5.57. The van der Waals surface area contributed by atoms with Crippen molar-refractivity contribution >= 4 is 11.6 Å². The molecule has 1 aliphatic carbocycles. The van der Waals surface area contributed by atoms with E-state index < -0.39 is 6.10 Å². The molecule has 2 heteroatoms. The van der Waals surface area contributed by atoms with Crippen LogP contribution in [0.1, 0.15) is 55.8 Å². The topological polar surface area (TPSA) is 20.2 Å². The summed E-state index contributed by atoms with van der Waals surface area (Å²) >= 11 is 5.96. The molecule has 1 aromatic rings. The third kappa shape index (κ3) is 3.37. The Morgan fingerprint density at radius 2 is 1.94 bits per heavy atom. The van der Waals surface area contributed by atoms with Gasteiger partial charge in [0.2, 0.25) is 0 Å². The average Bonchev–Trinajstić information content (AvgIpc) is 2.27. The van der Waals surface area contributed by atoms with E-state index in [2.05, 4.69) is 6.08 Å². The van der Waals surface area contributed by atoms with E-state index in [1.54, 1.807) is 0 Å². The molecule has 98 valence electrons. The minimum Gasteiger partial charge on any atom is -0.384 e. The van der Waals surface area contributed by atoms with Gasteiger partial charge in [0.05, 0.1) is 0 Å². The van der Waals surface area contributed by atoms with Gasteiger partial charge in [0.15, 0.2) is 0 Å². The average molecular weight is 265 g/mol. The van der Waals surface area contributed by atoms with Gasteiger partial charge in [-0.1, -0.05) is 36.6 Å². The quantitative estimate of drug-likeness (QED) is 0.749. The zero-order valence-electron chi connectivity index (χ0n) is 11.0. The van der Waals surface area contributed by atoms with Crippen LogP contribution in [0.5, 0.6) is 0 Å². The van der Waals surface area contributed by atoms with Crippen LogP contribution >= 0.6 is 11.6 Å². The van der Waals surface area contributed by atoms with E-state index in [9.17, 15) is 5.11 Å². The first-order chi connectivity index (χ1) is 8.68. The summed E-state index contributed by atoms with van der Waals surface area (Å²) in [6.07, 6.45) is 8.93. The largest absolute Gasteiger partial charge is 0.384 e. The standard InChI is InChI=1S/C16H21ClO/c1-12-11-14(17)9-10-15(12)16(18)13-7-5-3-2-4-6-8-13/h7,9-11,16,18H,2-6,8H2,1H3/b13-7+. The van der Waals surface area contributed by atoms with Gasteiger partial charge in [-0.2, -0.15) is 0 Å². The zero-order valence-corrected chi connectivity index (χ0v) is 11.7. The van der Waals surface area contributed by atoms with Crippen LogP contribution in [0.4, 0.5) is 0 Å². The summed E-state index contributed by atoms with van der Waals surface area (Å²) in [5.74, 6) is 0. The number of aryl methyl sites for hydroxylation is 1. The van der Waals surface area contributed by atoms with Gasteiger partial charge in [-0.25, -0.2) is 0 Å². The lowest BCUT2D eigenvalue weighted by Crippen LogP contribution is -2.05. The molecule has 2 rings (SSSR count). The Labute approximate surface area is 114 Å². The third-order valence-electron chi connectivity index (χ3n) is 3.70. The van der Waals surface area contributed by atoms with Gasteiger partial charge < -0.3 is 5.11 Å². The van der Waals surface area contributed by atoms with Crippen LogP contribution in [-0.2, 0) is 0 Å². The minimum absolute atomic E-state index is 0.458. The Hall–Kier alpha value is -0.790. The van der Waals surface area contributed by atoms with Crippen molar-refractivity contribution in [1.82, 2.24) is 0 Å². The van der Waals surface area contributed by atoms with Crippen molar-refractivity contribution in [3.63, 3.8) is 0 Å². The van der Waals surface area contributed by atoms with Gasteiger partial charge in [0, 0.05) is 5.02 Å². The summed E-state index contributed by atoms with van der Waals surface area (Å²) in [6, 6.07) is 5.72. The van der Waals surface area contributed by atoms with Gasteiger partial charge in [0.1, 0.15) is 6.10 Å². The van der Waals surface area contributed by atoms with Gasteiger partial charge in [0.25, 0.3) is 0 Å². The molecular formula is C16H21ClO. The Morgan fingerprint density at radius 1 is 1.17 bits per heavy atom. The van der Waals surface area contributed by atoms with E-state index in [0.29, 0.717) is 0 Å². The maximum Gasteiger partial charge on any atom is 0.100 e. The lowest BCUT2D eigenvalue weighted by Gasteiger charge is -2.19. The van der Waals surface area contributed by atoms with E-state index in [4.69, 9.17) is 11.6 Å². The van der Waals surface area contributed by atoms with Gasteiger partial charge >= 0.3 is 0 Å². The monoisotopic (exact) mass is 264 g/mol. The Kier molecular flexibility index (Phi) is 4.85. The van der Waals surface area contributed by atoms with Crippen LogP contribution in [0.2, 0.25) is 5.02 Å². The van der Waals surface area contributed by atoms with Crippen LogP contribution in [0.25, 0.3) is 0 Å². The number of aliphatic hydroxyl groups is 1. The summed E-state index contributed by atoms with van der Waals surface area (Å²) < 4.78 is 0. The van der Waals surface area contributed by atoms with Crippen LogP contribution < -0.4 is 0 Å². The fourth-order valence-electron chi connectivity index (χ4n) is 2.61. The van der Waals surface area contributed by atoms with Crippen LogP contribution in [0, 0.1) is 6.92 Å². The zero-order chi connectivity index (χ0) is 13.0. The summed E-state index contributed by atoms with van der Waals surface area (Å²) in [5.41, 5.74) is 3.24. The van der Waals surface area contributed by atoms with E-state index in [0.717, 1.165) is 29.0 Å². The second-order valence-electron chi connectivity index (χ2n) is 5.14. The number of rotatable bonds is 2. The fraction of sp³-hybridized carbons (Fsp3) is 0.500. The molecule has 18 heavy (non-hydrogen) atoms. The van der Waals surface area contributed by atoms with Gasteiger partial charge in [-0.3, -0.25) is 0 Å². The summed E-state index contributed by atoms with van der Waals surface area (Å²) in [4.78, 5) is 0. The second kappa shape index (κ2) is 6.40. The highest BCUT2D eigenvalue weighted by Crippen LogP contribution is 2.31. The maximum atomic E-state index is 10.5. The molecule has 1 aliphatic rings. The predicted octanol–water partition coefficient (Wildman–Crippen LogP) is 4.96. The molecule has 1 unspecified atom stereocenters. The normalized spacial score (nSPS) is 21.6. The Bertz CT molecular complexity index is 437. The van der Waals surface area contributed by atoms with Crippen molar-refractivity contribution in [3.8, 4) is 0 Å². The van der Waals surface area contributed by atoms with Crippen molar-refractivity contribution in [2.45, 2.75) is 51.6 Å². The molecular weight excluding hydrogens is 244 g/mol. The molecule has 1 nitrogen and oxygen atoms in total. The molecule has 0 amide bonds. The Morgan fingerprint density at radius 3 is 2.72 bits per heavy atom. The number of allylic oxidation sites excluding steroid dienone is 1. The number of benzene rings is 1. The maximum absolute atomic E-state index is 10.5. The van der Waals surface area contributed by atoms with E-state index in [-0.39, 0.29) is 0 Å². The van der Waals surface area contributed by atoms with Crippen molar-refractivity contribution in [2.24, 2.45) is 0 Å². The smallest absolute Gasteiger partial charge is 0.100 e. The van der Waals surface area contributed by atoms with Crippen molar-refractivity contribution in [1.29, 1.82) is 0 Å². The minimum atomic E-state index is -0.458. The van der Waals surface area contributed by atoms with Crippen molar-refractivity contribution in [2.75, 3.05) is 0 Å². The molecule has 1 atom stereocenters. The first kappa shape index (κ1) is 13.6. The molecule has 0 fully saturated rings. The molecule has 1 aromatic carbocycles. The van der Waals surface area contributed by atoms with E-state index >= 15 is 0 Å². The fourth-order valence-corrected chi connectivity index (χ4v) is 2.84. The highest BCUT2D eigenvalue weighted by molar-refractivity contribution is 6.30. The molecule has 0 heterocycles. The molecule has 0 radical (unpaired) electrons. The van der Waals surface area contributed by atoms with Crippen molar-refractivity contribution < 1.29 is 5.11 Å². The lowest BCUT2D eigenvalue weighted by atomic mass is 9.91. The summed E-state index contributed by atoms with van der Waals surface area (Å²) in [6.45, 7) is 2.01. The molecule has 0 saturated heterocycles. The molecule has 0 aromatic heterocycles. The highest BCUT2D eigenvalue weighted by atomic mass is 35.5. The molecule has 1 N–H and O–H groups in total. The molecule has 0 aliphatic heterocycles. The Balaban J connectivity index is 2.20. The highest BCUT2D eigenvalue weighted by Gasteiger charge is 2.16. The first-order valence-electron chi connectivity index (χ1n) is 6.81. The van der Waals surface area contributed by atoms with Gasteiger partial charge in [-0.15, -0.1) is 0 Å². The van der Waals surface area contributed by atoms with Crippen molar-refractivity contribution in [3.05, 3.63) is 46.0 Å². The molecule has 0 bridgehead atoms. The SMILES string of the molecule is Cc1cc(Cl)ccc1C(O)/C1=C/CCCCCC1. The predicted molar refractivity (Wildman–Crippen MR) is 76.9 cm³/mol. The number of halogens is 1. The number of hydrogen-bond acceptors (Lipinski definition) is 1. The van der Waals surface area contributed by atoms with Crippen LogP contribution in [-0.4, -0.2) is 5.11 Å². The van der Waals surface area contributed by atoms with E-state index in [1.165, 1.54) is 31.3 Å². The summed E-state index contributed by atoms with van der Waals surface area (Å²) in [5, 5.41) is 11.3. The first-order valence-corrected chi connectivity index (χ1v) is 7.19. The van der Waals surface area contributed by atoms with Gasteiger partial charge in [-0.05, 0) is 61.4 Å². The van der Waals surface area contributed by atoms with Crippen LogP contribution in [0.3, 0.4) is 0 Å². The number of hydrogen-bond donors (Lipinski definition) is 1.